The summed E-state index contributed by atoms with van der Waals surface area (Å²) in [6, 6.07) is 13.0. The number of nitrogens with zero attached hydrogens (tertiary/aromatic N) is 4. The van der Waals surface area contributed by atoms with Crippen LogP contribution in [0.1, 0.15) is 35.8 Å². The van der Waals surface area contributed by atoms with E-state index in [0.717, 1.165) is 9.25 Å². The minimum atomic E-state index is -0.826. The zero-order chi connectivity index (χ0) is 25.8. The van der Waals surface area contributed by atoms with Gasteiger partial charge in [0.25, 0.3) is 11.5 Å². The molecule has 36 heavy (non-hydrogen) atoms. The van der Waals surface area contributed by atoms with E-state index in [9.17, 15) is 19.2 Å². The summed E-state index contributed by atoms with van der Waals surface area (Å²) in [6.45, 7) is 2.30. The number of amides is 1. The summed E-state index contributed by atoms with van der Waals surface area (Å²) in [6.07, 6.45) is 1.15. The highest BCUT2D eigenvalue weighted by molar-refractivity contribution is 6.30. The van der Waals surface area contributed by atoms with Crippen LogP contribution in [-0.2, 0) is 16.1 Å². The number of hydrogen-bond acceptors (Lipinski definition) is 6. The molecule has 1 fully saturated rings. The topological polar surface area (TPSA) is 104 Å². The second-order valence-electron chi connectivity index (χ2n) is 8.38. The lowest BCUT2D eigenvalue weighted by molar-refractivity contribution is -0.149. The number of piperidine rings is 1. The molecular weight excluding hydrogens is 507 g/mol. The Hall–Kier alpha value is -3.43. The van der Waals surface area contributed by atoms with Crippen molar-refractivity contribution in [2.45, 2.75) is 26.3 Å². The fourth-order valence-corrected chi connectivity index (χ4v) is 4.46. The molecule has 0 radical (unpaired) electrons. The highest BCUT2D eigenvalue weighted by atomic mass is 35.5. The Balaban J connectivity index is 1.78. The molecule has 2 aromatic carbocycles. The average Bonchev–Trinajstić information content (AvgIpc) is 2.87. The van der Waals surface area contributed by atoms with Crippen molar-refractivity contribution in [3.8, 4) is 5.69 Å². The molecule has 3 aromatic rings. The summed E-state index contributed by atoms with van der Waals surface area (Å²) in [4.78, 5) is 53.9. The highest BCUT2D eigenvalue weighted by Gasteiger charge is 2.32. The van der Waals surface area contributed by atoms with E-state index in [1.165, 1.54) is 4.90 Å². The van der Waals surface area contributed by atoms with Gasteiger partial charge in [0.15, 0.2) is 0 Å². The van der Waals surface area contributed by atoms with Crippen molar-refractivity contribution >= 4 is 35.1 Å². The van der Waals surface area contributed by atoms with Crippen LogP contribution >= 0.6 is 23.2 Å². The number of benzene rings is 2. The molecule has 1 aliphatic heterocycles. The zero-order valence-electron chi connectivity index (χ0n) is 19.5. The fourth-order valence-electron chi connectivity index (χ4n) is 4.12. The van der Waals surface area contributed by atoms with E-state index in [1.54, 1.807) is 55.5 Å². The summed E-state index contributed by atoms with van der Waals surface area (Å²) in [5, 5.41) is 5.07. The third-order valence-electron chi connectivity index (χ3n) is 5.89. The van der Waals surface area contributed by atoms with Gasteiger partial charge in [-0.05, 0) is 61.7 Å². The molecule has 11 heteroatoms. The molecule has 0 unspecified atom stereocenters. The van der Waals surface area contributed by atoms with Crippen LogP contribution < -0.4 is 11.2 Å². The Kier molecular flexibility index (Phi) is 7.91. The maximum atomic E-state index is 13.5. The maximum absolute atomic E-state index is 13.5. The van der Waals surface area contributed by atoms with Gasteiger partial charge in [-0.2, -0.15) is 9.78 Å². The van der Waals surface area contributed by atoms with Gasteiger partial charge in [0.2, 0.25) is 5.69 Å². The van der Waals surface area contributed by atoms with Crippen molar-refractivity contribution < 1.29 is 14.3 Å². The normalized spacial score (nSPS) is 15.5. The molecule has 1 atom stereocenters. The van der Waals surface area contributed by atoms with Crippen molar-refractivity contribution in [2.75, 3.05) is 19.7 Å². The molecule has 0 N–H and O–H groups in total. The van der Waals surface area contributed by atoms with Gasteiger partial charge in [-0.25, -0.2) is 4.79 Å². The van der Waals surface area contributed by atoms with E-state index in [0.29, 0.717) is 40.7 Å². The van der Waals surface area contributed by atoms with Crippen LogP contribution in [0.15, 0.2) is 58.1 Å². The average molecular weight is 531 g/mol. The molecule has 0 saturated carbocycles. The molecular formula is C25H24Cl2N4O5. The van der Waals surface area contributed by atoms with Gasteiger partial charge in [0, 0.05) is 23.1 Å². The SMILES string of the molecule is CCOC(=O)[C@@H]1CCCN(C(=O)c2nn(-c3ccc(Cl)cc3)c(=O)n(Cc3cccc(Cl)c3)c2=O)C1. The summed E-state index contributed by atoms with van der Waals surface area (Å²) in [5.74, 6) is -1.53. The van der Waals surface area contributed by atoms with Gasteiger partial charge in [0.1, 0.15) is 0 Å². The van der Waals surface area contributed by atoms with Crippen LogP contribution in [0.4, 0.5) is 0 Å². The summed E-state index contributed by atoms with van der Waals surface area (Å²) in [7, 11) is 0. The van der Waals surface area contributed by atoms with Gasteiger partial charge < -0.3 is 9.64 Å². The number of likely N-dealkylation sites (tertiary alicyclic amines) is 1. The number of ether oxygens (including phenoxy) is 1. The number of carbonyl (C=O) groups excluding carboxylic acids is 2. The largest absolute Gasteiger partial charge is 0.466 e. The monoisotopic (exact) mass is 530 g/mol. The lowest BCUT2D eigenvalue weighted by Gasteiger charge is -2.31. The first kappa shape index (κ1) is 25.7. The Morgan fingerprint density at radius 2 is 1.83 bits per heavy atom. The highest BCUT2D eigenvalue weighted by Crippen LogP contribution is 2.19. The van der Waals surface area contributed by atoms with Crippen LogP contribution in [0.5, 0.6) is 0 Å². The van der Waals surface area contributed by atoms with Gasteiger partial charge >= 0.3 is 11.7 Å². The lowest BCUT2D eigenvalue weighted by atomic mass is 9.98. The molecule has 2 heterocycles. The van der Waals surface area contributed by atoms with E-state index in [2.05, 4.69) is 5.10 Å². The van der Waals surface area contributed by atoms with Crippen molar-refractivity contribution in [1.29, 1.82) is 0 Å². The van der Waals surface area contributed by atoms with Crippen molar-refractivity contribution in [3.63, 3.8) is 0 Å². The Morgan fingerprint density at radius 3 is 2.53 bits per heavy atom. The Morgan fingerprint density at radius 1 is 1.08 bits per heavy atom. The number of esters is 1. The van der Waals surface area contributed by atoms with Gasteiger partial charge in [0.05, 0.1) is 24.8 Å². The number of carbonyl (C=O) groups is 2. The van der Waals surface area contributed by atoms with E-state index < -0.39 is 28.8 Å². The van der Waals surface area contributed by atoms with E-state index >= 15 is 0 Å². The van der Waals surface area contributed by atoms with Crippen LogP contribution in [0.25, 0.3) is 5.69 Å². The number of aromatic nitrogens is 3. The number of hydrogen-bond donors (Lipinski definition) is 0. The van der Waals surface area contributed by atoms with Crippen LogP contribution in [-0.4, -0.2) is 50.8 Å². The first-order valence-electron chi connectivity index (χ1n) is 11.5. The fraction of sp³-hybridized carbons (Fsp3) is 0.320. The van der Waals surface area contributed by atoms with Crippen LogP contribution in [0, 0.1) is 5.92 Å². The lowest BCUT2D eigenvalue weighted by Crippen LogP contribution is -2.49. The maximum Gasteiger partial charge on any atom is 0.352 e. The van der Waals surface area contributed by atoms with Crippen LogP contribution in [0.3, 0.4) is 0 Å². The van der Waals surface area contributed by atoms with Crippen molar-refractivity contribution in [2.24, 2.45) is 5.92 Å². The Labute approximate surface area is 216 Å². The second-order valence-corrected chi connectivity index (χ2v) is 9.26. The molecule has 1 aromatic heterocycles. The summed E-state index contributed by atoms with van der Waals surface area (Å²) in [5.41, 5.74) is -1.03. The number of halogens is 2. The second kappa shape index (κ2) is 11.1. The molecule has 0 aliphatic carbocycles. The van der Waals surface area contributed by atoms with Crippen LogP contribution in [0.2, 0.25) is 10.0 Å². The molecule has 1 aliphatic rings. The Bertz CT molecular complexity index is 1400. The minimum absolute atomic E-state index is 0.104. The quantitative estimate of drug-likeness (QED) is 0.453. The molecule has 0 spiro atoms. The molecule has 9 nitrogen and oxygen atoms in total. The smallest absolute Gasteiger partial charge is 0.352 e. The first-order valence-corrected chi connectivity index (χ1v) is 12.2. The summed E-state index contributed by atoms with van der Waals surface area (Å²) >= 11 is 12.1. The number of rotatable bonds is 6. The molecule has 1 saturated heterocycles. The third kappa shape index (κ3) is 5.52. The van der Waals surface area contributed by atoms with Crippen molar-refractivity contribution in [1.82, 2.24) is 19.2 Å². The van der Waals surface area contributed by atoms with Crippen molar-refractivity contribution in [3.05, 3.63) is 90.7 Å². The zero-order valence-corrected chi connectivity index (χ0v) is 21.0. The minimum Gasteiger partial charge on any atom is -0.466 e. The predicted molar refractivity (Wildman–Crippen MR) is 135 cm³/mol. The van der Waals surface area contributed by atoms with Gasteiger partial charge in [-0.1, -0.05) is 35.3 Å². The van der Waals surface area contributed by atoms with Gasteiger partial charge in [-0.3, -0.25) is 19.0 Å². The first-order chi connectivity index (χ1) is 17.3. The van der Waals surface area contributed by atoms with E-state index in [4.69, 9.17) is 27.9 Å². The van der Waals surface area contributed by atoms with E-state index in [1.807, 2.05) is 0 Å². The standard InChI is InChI=1S/C25H24Cl2N4O5/c1-2-36-24(34)17-6-4-12-29(15-17)22(32)21-23(33)30(14-16-5-3-7-19(27)13-16)25(35)31(28-21)20-10-8-18(26)9-11-20/h3,5,7-11,13,17H,2,4,6,12,14-15H2,1H3/t17-/m1/s1. The molecule has 4 rings (SSSR count). The third-order valence-corrected chi connectivity index (χ3v) is 6.38. The molecule has 0 bridgehead atoms. The van der Waals surface area contributed by atoms with E-state index in [-0.39, 0.29) is 25.7 Å². The predicted octanol–water partition coefficient (Wildman–Crippen LogP) is 3.16. The summed E-state index contributed by atoms with van der Waals surface area (Å²) < 4.78 is 7.06. The van der Waals surface area contributed by atoms with Gasteiger partial charge in [-0.15, -0.1) is 0 Å². The molecule has 1 amide bonds. The molecule has 188 valence electrons.